The largest absolute Gasteiger partial charge is 0.507 e. The van der Waals surface area contributed by atoms with Gasteiger partial charge in [0, 0.05) is 12.5 Å². The number of rotatable bonds is 6. The Morgan fingerprint density at radius 1 is 0.846 bits per heavy atom. The van der Waals surface area contributed by atoms with Crippen LogP contribution in [0.15, 0.2) is 66.7 Å². The minimum atomic E-state index is -0.369. The topological polar surface area (TPSA) is 46.5 Å². The molecule has 0 bridgehead atoms. The molecule has 5 heteroatoms. The van der Waals surface area contributed by atoms with Crippen molar-refractivity contribution in [3.8, 4) is 11.5 Å². The highest BCUT2D eigenvalue weighted by molar-refractivity contribution is 6.00. The Morgan fingerprint density at radius 3 is 2.00 bits per heavy atom. The molecule has 0 aromatic heterocycles. The number of ketones is 1. The summed E-state index contributed by atoms with van der Waals surface area (Å²) in [5.41, 5.74) is 1.61. The zero-order chi connectivity index (χ0) is 18.5. The highest BCUT2D eigenvalue weighted by atomic mass is 19.1. The van der Waals surface area contributed by atoms with Gasteiger partial charge in [0.05, 0.1) is 5.56 Å². The van der Waals surface area contributed by atoms with Gasteiger partial charge in [-0.2, -0.15) is 0 Å². The number of benzene rings is 3. The molecule has 0 fully saturated rings. The second-order valence-electron chi connectivity index (χ2n) is 5.82. The molecule has 1 N–H and O–H groups in total. The minimum Gasteiger partial charge on any atom is -0.507 e. The first-order valence-corrected chi connectivity index (χ1v) is 7.99. The van der Waals surface area contributed by atoms with Crippen LogP contribution < -0.4 is 4.74 Å². The molecule has 0 aliphatic heterocycles. The molecule has 3 nitrogen and oxygen atoms in total. The maximum atomic E-state index is 12.9. The van der Waals surface area contributed by atoms with Crippen molar-refractivity contribution in [3.05, 3.63) is 95.1 Å². The number of ether oxygens (including phenoxy) is 1. The fourth-order valence-corrected chi connectivity index (χ4v) is 2.47. The molecule has 0 saturated heterocycles. The van der Waals surface area contributed by atoms with Crippen LogP contribution in [0.4, 0.5) is 8.78 Å². The van der Waals surface area contributed by atoms with Crippen LogP contribution in [0.3, 0.4) is 0 Å². The zero-order valence-corrected chi connectivity index (χ0v) is 13.8. The van der Waals surface area contributed by atoms with Crippen molar-refractivity contribution in [2.45, 2.75) is 13.0 Å². The predicted molar refractivity (Wildman–Crippen MR) is 93.3 cm³/mol. The average Bonchev–Trinajstić information content (AvgIpc) is 2.63. The number of aromatic hydroxyl groups is 1. The van der Waals surface area contributed by atoms with E-state index in [-0.39, 0.29) is 41.8 Å². The summed E-state index contributed by atoms with van der Waals surface area (Å²) in [5, 5.41) is 10.1. The van der Waals surface area contributed by atoms with Gasteiger partial charge in [0.1, 0.15) is 29.7 Å². The second-order valence-corrected chi connectivity index (χ2v) is 5.82. The lowest BCUT2D eigenvalue weighted by Gasteiger charge is -2.09. The molecule has 0 heterocycles. The summed E-state index contributed by atoms with van der Waals surface area (Å²) in [7, 11) is 0. The number of phenolic OH excluding ortho intramolecular Hbond substituents is 1. The first-order chi connectivity index (χ1) is 12.5. The van der Waals surface area contributed by atoms with Crippen LogP contribution in [-0.4, -0.2) is 10.9 Å². The van der Waals surface area contributed by atoms with E-state index in [4.69, 9.17) is 4.74 Å². The summed E-state index contributed by atoms with van der Waals surface area (Å²) in [6.07, 6.45) is 0.0592. The number of hydrogen-bond acceptors (Lipinski definition) is 3. The Balaban J connectivity index is 1.65. The predicted octanol–water partition coefficient (Wildman–Crippen LogP) is 4.67. The van der Waals surface area contributed by atoms with Crippen molar-refractivity contribution in [2.24, 2.45) is 0 Å². The van der Waals surface area contributed by atoms with E-state index in [2.05, 4.69) is 0 Å². The van der Waals surface area contributed by atoms with Gasteiger partial charge in [0.2, 0.25) is 0 Å². The maximum absolute atomic E-state index is 12.9. The van der Waals surface area contributed by atoms with Gasteiger partial charge < -0.3 is 9.84 Å². The van der Waals surface area contributed by atoms with Crippen molar-refractivity contribution < 1.29 is 23.4 Å². The number of carbonyl (C=O) groups excluding carboxylic acids is 1. The van der Waals surface area contributed by atoms with E-state index in [1.165, 1.54) is 48.5 Å². The van der Waals surface area contributed by atoms with Crippen molar-refractivity contribution in [1.29, 1.82) is 0 Å². The molecular weight excluding hydrogens is 338 g/mol. The lowest BCUT2D eigenvalue weighted by Crippen LogP contribution is -2.04. The molecule has 0 aliphatic carbocycles. The van der Waals surface area contributed by atoms with E-state index in [1.54, 1.807) is 18.2 Å². The molecule has 26 heavy (non-hydrogen) atoms. The van der Waals surface area contributed by atoms with Crippen LogP contribution in [0.5, 0.6) is 11.5 Å². The van der Waals surface area contributed by atoms with E-state index in [0.717, 1.165) is 5.56 Å². The first kappa shape index (κ1) is 17.6. The Hall–Kier alpha value is -3.21. The van der Waals surface area contributed by atoms with Crippen LogP contribution >= 0.6 is 0 Å². The summed E-state index contributed by atoms with van der Waals surface area (Å²) in [6.45, 7) is 0.211. The Morgan fingerprint density at radius 2 is 1.42 bits per heavy atom. The monoisotopic (exact) mass is 354 g/mol. The molecule has 3 aromatic carbocycles. The van der Waals surface area contributed by atoms with E-state index < -0.39 is 0 Å². The molecular formula is C21H16F2O3. The Bertz CT molecular complexity index is 904. The van der Waals surface area contributed by atoms with Gasteiger partial charge in [-0.25, -0.2) is 8.78 Å². The van der Waals surface area contributed by atoms with Gasteiger partial charge in [-0.15, -0.1) is 0 Å². The van der Waals surface area contributed by atoms with Crippen molar-refractivity contribution in [1.82, 2.24) is 0 Å². The Labute approximate surface area is 149 Å². The second kappa shape index (κ2) is 7.78. The summed E-state index contributed by atoms with van der Waals surface area (Å²) in [6, 6.07) is 16.0. The smallest absolute Gasteiger partial charge is 0.170 e. The number of carbonyl (C=O) groups is 1. The molecule has 0 unspecified atom stereocenters. The van der Waals surface area contributed by atoms with Gasteiger partial charge >= 0.3 is 0 Å². The van der Waals surface area contributed by atoms with Gasteiger partial charge in [-0.1, -0.05) is 24.3 Å². The molecule has 3 rings (SSSR count). The number of Topliss-reactive ketones (excluding diaryl/α,β-unsaturated/α-hetero) is 1. The normalized spacial score (nSPS) is 10.5. The van der Waals surface area contributed by atoms with E-state index in [9.17, 15) is 18.7 Å². The molecule has 3 aromatic rings. The average molecular weight is 354 g/mol. The summed E-state index contributed by atoms with van der Waals surface area (Å²) < 4.78 is 31.3. The molecule has 0 saturated carbocycles. The van der Waals surface area contributed by atoms with E-state index in [0.29, 0.717) is 11.3 Å². The van der Waals surface area contributed by atoms with Crippen LogP contribution in [0.25, 0.3) is 0 Å². The first-order valence-electron chi connectivity index (χ1n) is 7.99. The quantitative estimate of drug-likeness (QED) is 0.654. The molecule has 0 atom stereocenters. The van der Waals surface area contributed by atoms with Crippen molar-refractivity contribution in [2.75, 3.05) is 0 Å². The molecule has 0 spiro atoms. The number of phenols is 1. The van der Waals surface area contributed by atoms with Crippen molar-refractivity contribution in [3.63, 3.8) is 0 Å². The van der Waals surface area contributed by atoms with Crippen LogP contribution in [0.1, 0.15) is 21.5 Å². The van der Waals surface area contributed by atoms with Gasteiger partial charge in [0.15, 0.2) is 5.78 Å². The third-order valence-electron chi connectivity index (χ3n) is 3.87. The number of hydrogen-bond donors (Lipinski definition) is 1. The zero-order valence-electron chi connectivity index (χ0n) is 13.8. The van der Waals surface area contributed by atoms with Crippen molar-refractivity contribution >= 4 is 5.78 Å². The van der Waals surface area contributed by atoms with Crippen LogP contribution in [0, 0.1) is 11.6 Å². The summed E-state index contributed by atoms with van der Waals surface area (Å²) in [5.74, 6) is -0.764. The molecule has 0 amide bonds. The van der Waals surface area contributed by atoms with E-state index >= 15 is 0 Å². The number of halogens is 2. The fourth-order valence-electron chi connectivity index (χ4n) is 2.47. The Kier molecular flexibility index (Phi) is 5.27. The summed E-state index contributed by atoms with van der Waals surface area (Å²) >= 11 is 0. The standard InChI is InChI=1S/C21H16F2O3/c22-16-5-1-14(2-6-16)11-20(24)19-10-9-18(12-21(19)25)26-13-15-3-7-17(23)8-4-15/h1-10,12,25H,11,13H2. The fraction of sp³-hybridized carbons (Fsp3) is 0.0952. The highest BCUT2D eigenvalue weighted by Gasteiger charge is 2.13. The van der Waals surface area contributed by atoms with Crippen LogP contribution in [0.2, 0.25) is 0 Å². The lowest BCUT2D eigenvalue weighted by molar-refractivity contribution is 0.0990. The van der Waals surface area contributed by atoms with E-state index in [1.807, 2.05) is 0 Å². The highest BCUT2D eigenvalue weighted by Crippen LogP contribution is 2.25. The maximum Gasteiger partial charge on any atom is 0.170 e. The van der Waals surface area contributed by atoms with Gasteiger partial charge in [-0.05, 0) is 47.5 Å². The summed E-state index contributed by atoms with van der Waals surface area (Å²) in [4.78, 5) is 12.3. The third kappa shape index (κ3) is 4.45. The molecule has 0 radical (unpaired) electrons. The molecule has 132 valence electrons. The SMILES string of the molecule is O=C(Cc1ccc(F)cc1)c1ccc(OCc2ccc(F)cc2)cc1O. The minimum absolute atomic E-state index is 0.0592. The lowest BCUT2D eigenvalue weighted by atomic mass is 10.0. The molecule has 0 aliphatic rings. The van der Waals surface area contributed by atoms with Gasteiger partial charge in [0.25, 0.3) is 0 Å². The third-order valence-corrected chi connectivity index (χ3v) is 3.87. The van der Waals surface area contributed by atoms with Crippen LogP contribution in [-0.2, 0) is 13.0 Å². The van der Waals surface area contributed by atoms with Gasteiger partial charge in [-0.3, -0.25) is 4.79 Å².